The summed E-state index contributed by atoms with van der Waals surface area (Å²) in [6, 6.07) is 18.0. The number of nitrogens with zero attached hydrogens (tertiary/aromatic N) is 3. The summed E-state index contributed by atoms with van der Waals surface area (Å²) in [4.78, 5) is 12.8. The quantitative estimate of drug-likeness (QED) is 0.440. The molecule has 0 spiro atoms. The van der Waals surface area contributed by atoms with E-state index in [1.165, 1.54) is 31.0 Å². The fraction of sp³-hybridized carbons (Fsp3) is 0.400. The highest BCUT2D eigenvalue weighted by atomic mass is 32.2. The maximum atomic E-state index is 12.8. The molecule has 0 saturated heterocycles. The molecule has 32 heavy (non-hydrogen) atoms. The van der Waals surface area contributed by atoms with Gasteiger partial charge in [-0.2, -0.15) is 0 Å². The van der Waals surface area contributed by atoms with Crippen LogP contribution in [-0.2, 0) is 11.4 Å². The van der Waals surface area contributed by atoms with Gasteiger partial charge in [0.25, 0.3) is 0 Å². The van der Waals surface area contributed by atoms with E-state index in [-0.39, 0.29) is 11.2 Å². The number of ether oxygens (including phenoxy) is 1. The summed E-state index contributed by atoms with van der Waals surface area (Å²) in [6.45, 7) is 4.42. The molecule has 0 radical (unpaired) electrons. The molecule has 168 valence electrons. The fourth-order valence-electron chi connectivity index (χ4n) is 4.02. The van der Waals surface area contributed by atoms with Crippen LogP contribution in [0.5, 0.6) is 5.75 Å². The molecule has 1 aliphatic carbocycles. The molecule has 3 aromatic rings. The van der Waals surface area contributed by atoms with Gasteiger partial charge in [0, 0.05) is 11.7 Å². The molecule has 0 aliphatic heterocycles. The molecule has 7 heteroatoms. The first-order valence-corrected chi connectivity index (χ1v) is 12.1. The lowest BCUT2D eigenvalue weighted by atomic mass is 9.95. The van der Waals surface area contributed by atoms with Crippen LogP contribution >= 0.6 is 11.8 Å². The summed E-state index contributed by atoms with van der Waals surface area (Å²) in [5.41, 5.74) is 1.87. The first-order chi connectivity index (χ1) is 15.6. The lowest BCUT2D eigenvalue weighted by Gasteiger charge is -2.25. The summed E-state index contributed by atoms with van der Waals surface area (Å²) in [5, 5.41) is 12.2. The molecule has 1 fully saturated rings. The Balaban J connectivity index is 1.32. The molecular formula is C25H30N4O2S. The van der Waals surface area contributed by atoms with Gasteiger partial charge in [0.2, 0.25) is 5.91 Å². The van der Waals surface area contributed by atoms with Gasteiger partial charge < -0.3 is 14.6 Å². The van der Waals surface area contributed by atoms with Gasteiger partial charge in [-0.3, -0.25) is 4.79 Å². The van der Waals surface area contributed by atoms with Crippen molar-refractivity contribution in [1.82, 2.24) is 14.8 Å². The Bertz CT molecular complexity index is 1010. The average Bonchev–Trinajstić information content (AvgIpc) is 3.19. The molecule has 2 aromatic carbocycles. The third-order valence-electron chi connectivity index (χ3n) is 5.80. The van der Waals surface area contributed by atoms with Crippen LogP contribution in [0.3, 0.4) is 0 Å². The Labute approximate surface area is 193 Å². The smallest absolute Gasteiger partial charge is 0.237 e. The highest BCUT2D eigenvalue weighted by Crippen LogP contribution is 2.33. The van der Waals surface area contributed by atoms with Gasteiger partial charge in [-0.1, -0.05) is 61.4 Å². The first kappa shape index (κ1) is 22.4. The van der Waals surface area contributed by atoms with Crippen LogP contribution in [0.1, 0.15) is 56.5 Å². The SMILES string of the molecule is Cc1nnc(SC(C)C(=O)Nc2ccc(OCc3ccccc3)cc2)n1C1CCCCC1. The van der Waals surface area contributed by atoms with Crippen LogP contribution in [0.25, 0.3) is 0 Å². The third kappa shape index (κ3) is 5.71. The largest absolute Gasteiger partial charge is 0.489 e. The second-order valence-electron chi connectivity index (χ2n) is 8.24. The summed E-state index contributed by atoms with van der Waals surface area (Å²) in [5.74, 6) is 1.65. The monoisotopic (exact) mass is 450 g/mol. The van der Waals surface area contributed by atoms with Crippen molar-refractivity contribution < 1.29 is 9.53 Å². The van der Waals surface area contributed by atoms with E-state index in [4.69, 9.17) is 4.74 Å². The van der Waals surface area contributed by atoms with Gasteiger partial charge >= 0.3 is 0 Å². The average molecular weight is 451 g/mol. The maximum absolute atomic E-state index is 12.8. The number of hydrogen-bond acceptors (Lipinski definition) is 5. The number of carbonyl (C=O) groups is 1. The number of anilines is 1. The van der Waals surface area contributed by atoms with E-state index in [9.17, 15) is 4.79 Å². The number of amides is 1. The van der Waals surface area contributed by atoms with Crippen molar-refractivity contribution >= 4 is 23.4 Å². The van der Waals surface area contributed by atoms with Gasteiger partial charge in [0.05, 0.1) is 5.25 Å². The zero-order valence-electron chi connectivity index (χ0n) is 18.7. The van der Waals surface area contributed by atoms with Gasteiger partial charge in [0.1, 0.15) is 18.2 Å². The van der Waals surface area contributed by atoms with Crippen molar-refractivity contribution in [3.8, 4) is 5.75 Å². The predicted octanol–water partition coefficient (Wildman–Crippen LogP) is 5.79. The molecule has 1 saturated carbocycles. The van der Waals surface area contributed by atoms with E-state index in [2.05, 4.69) is 20.1 Å². The van der Waals surface area contributed by atoms with Crippen molar-refractivity contribution in [2.75, 3.05) is 5.32 Å². The summed E-state index contributed by atoms with van der Waals surface area (Å²) in [6.07, 6.45) is 6.10. The normalized spacial score (nSPS) is 15.3. The second kappa shape index (κ2) is 10.7. The summed E-state index contributed by atoms with van der Waals surface area (Å²) < 4.78 is 8.05. The number of rotatable bonds is 8. The molecule has 4 rings (SSSR count). The summed E-state index contributed by atoms with van der Waals surface area (Å²) in [7, 11) is 0. The van der Waals surface area contributed by atoms with Crippen LogP contribution in [0.2, 0.25) is 0 Å². The van der Waals surface area contributed by atoms with Crippen molar-refractivity contribution in [3.05, 3.63) is 66.0 Å². The maximum Gasteiger partial charge on any atom is 0.237 e. The minimum Gasteiger partial charge on any atom is -0.489 e. The Morgan fingerprint density at radius 2 is 1.81 bits per heavy atom. The van der Waals surface area contributed by atoms with E-state index in [0.29, 0.717) is 12.6 Å². The van der Waals surface area contributed by atoms with Gasteiger partial charge in [-0.05, 0) is 56.5 Å². The van der Waals surface area contributed by atoms with Crippen LogP contribution in [0.15, 0.2) is 59.8 Å². The Morgan fingerprint density at radius 1 is 1.09 bits per heavy atom. The standard InChI is InChI=1S/C25H30N4O2S/c1-18(32-25-28-27-19(2)29(25)22-11-7-4-8-12-22)24(30)26-21-13-15-23(16-14-21)31-17-20-9-5-3-6-10-20/h3,5-6,9-10,13-16,18,22H,4,7-8,11-12,17H2,1-2H3,(H,26,30). The van der Waals surface area contributed by atoms with E-state index in [1.54, 1.807) is 0 Å². The lowest BCUT2D eigenvalue weighted by Crippen LogP contribution is -2.23. The van der Waals surface area contributed by atoms with Crippen molar-refractivity contribution in [3.63, 3.8) is 0 Å². The minimum absolute atomic E-state index is 0.0520. The predicted molar refractivity (Wildman–Crippen MR) is 128 cm³/mol. The highest BCUT2D eigenvalue weighted by Gasteiger charge is 2.24. The minimum atomic E-state index is -0.282. The number of thioether (sulfide) groups is 1. The highest BCUT2D eigenvalue weighted by molar-refractivity contribution is 8.00. The molecule has 1 heterocycles. The third-order valence-corrected chi connectivity index (χ3v) is 6.85. The number of nitrogens with one attached hydrogen (secondary N) is 1. The number of aromatic nitrogens is 3. The fourth-order valence-corrected chi connectivity index (χ4v) is 4.99. The van der Waals surface area contributed by atoms with Crippen LogP contribution < -0.4 is 10.1 Å². The zero-order chi connectivity index (χ0) is 22.3. The van der Waals surface area contributed by atoms with Gasteiger partial charge in [-0.25, -0.2) is 0 Å². The molecule has 1 aliphatic rings. The van der Waals surface area contributed by atoms with E-state index in [0.717, 1.165) is 40.8 Å². The Hall–Kier alpha value is -2.80. The molecule has 1 N–H and O–H groups in total. The van der Waals surface area contributed by atoms with Crippen LogP contribution in [0, 0.1) is 6.92 Å². The number of hydrogen-bond donors (Lipinski definition) is 1. The van der Waals surface area contributed by atoms with E-state index < -0.39 is 0 Å². The first-order valence-electron chi connectivity index (χ1n) is 11.3. The topological polar surface area (TPSA) is 69.0 Å². The molecule has 1 amide bonds. The molecule has 1 unspecified atom stereocenters. The molecule has 0 bridgehead atoms. The van der Waals surface area contributed by atoms with E-state index >= 15 is 0 Å². The van der Waals surface area contributed by atoms with Crippen molar-refractivity contribution in [2.24, 2.45) is 0 Å². The second-order valence-corrected chi connectivity index (χ2v) is 9.55. The Morgan fingerprint density at radius 3 is 2.53 bits per heavy atom. The van der Waals surface area contributed by atoms with Crippen molar-refractivity contribution in [2.45, 2.75) is 69.0 Å². The molecule has 6 nitrogen and oxygen atoms in total. The van der Waals surface area contributed by atoms with E-state index in [1.807, 2.05) is 68.4 Å². The number of aryl methyl sites for hydroxylation is 1. The van der Waals surface area contributed by atoms with Gasteiger partial charge in [0.15, 0.2) is 5.16 Å². The number of benzene rings is 2. The van der Waals surface area contributed by atoms with Crippen LogP contribution in [0.4, 0.5) is 5.69 Å². The molecule has 1 aromatic heterocycles. The van der Waals surface area contributed by atoms with Gasteiger partial charge in [-0.15, -0.1) is 10.2 Å². The van der Waals surface area contributed by atoms with Crippen molar-refractivity contribution in [1.29, 1.82) is 0 Å². The molecular weight excluding hydrogens is 420 g/mol. The lowest BCUT2D eigenvalue weighted by molar-refractivity contribution is -0.115. The molecule has 1 atom stereocenters. The van der Waals surface area contributed by atoms with Crippen LogP contribution in [-0.4, -0.2) is 25.9 Å². The summed E-state index contributed by atoms with van der Waals surface area (Å²) >= 11 is 1.47. The number of carbonyl (C=O) groups excluding carboxylic acids is 1. The zero-order valence-corrected chi connectivity index (χ0v) is 19.5. The Kier molecular flexibility index (Phi) is 7.47.